The molecule has 0 saturated carbocycles. The van der Waals surface area contributed by atoms with Gasteiger partial charge in [-0.3, -0.25) is 14.9 Å². The number of nitrogens with one attached hydrogen (secondary N) is 2. The lowest BCUT2D eigenvalue weighted by Crippen LogP contribution is -2.36. The molecule has 1 saturated heterocycles. The molecule has 4 rings (SSSR count). The first-order valence-corrected chi connectivity index (χ1v) is 10.6. The van der Waals surface area contributed by atoms with E-state index in [0.717, 1.165) is 37.3 Å². The summed E-state index contributed by atoms with van der Waals surface area (Å²) in [6.07, 6.45) is 3.88. The Labute approximate surface area is 189 Å². The Morgan fingerprint density at radius 2 is 2.13 bits per heavy atom. The second kappa shape index (κ2) is 10.1. The molecule has 0 spiro atoms. The van der Waals surface area contributed by atoms with Crippen molar-refractivity contribution >= 4 is 34.8 Å². The highest BCUT2D eigenvalue weighted by atomic mass is 35.5. The number of hydrogen-bond acceptors (Lipinski definition) is 6. The Kier molecular flexibility index (Phi) is 7.53. The third kappa shape index (κ3) is 5.17. The van der Waals surface area contributed by atoms with Gasteiger partial charge in [-0.05, 0) is 62.5 Å². The summed E-state index contributed by atoms with van der Waals surface area (Å²) in [4.78, 5) is 25.8. The molecule has 2 N–H and O–H groups in total. The molecule has 0 radical (unpaired) electrons. The van der Waals surface area contributed by atoms with Crippen LogP contribution in [0.3, 0.4) is 0 Å². The lowest BCUT2D eigenvalue weighted by Gasteiger charge is -2.23. The van der Waals surface area contributed by atoms with Gasteiger partial charge in [0.25, 0.3) is 11.5 Å². The van der Waals surface area contributed by atoms with Crippen LogP contribution in [0.4, 0.5) is 9.52 Å². The van der Waals surface area contributed by atoms with Gasteiger partial charge in [0.1, 0.15) is 11.4 Å². The van der Waals surface area contributed by atoms with Crippen molar-refractivity contribution in [3.8, 4) is 10.6 Å². The van der Waals surface area contributed by atoms with E-state index >= 15 is 0 Å². The minimum Gasteiger partial charge on any atom is -0.316 e. The summed E-state index contributed by atoms with van der Waals surface area (Å²) in [5, 5.41) is 14.4. The smallest absolute Gasteiger partial charge is 0.263 e. The first-order chi connectivity index (χ1) is 14.5. The lowest BCUT2D eigenvalue weighted by atomic mass is 9.99. The van der Waals surface area contributed by atoms with Gasteiger partial charge in [-0.15, -0.1) is 22.6 Å². The van der Waals surface area contributed by atoms with Crippen LogP contribution >= 0.6 is 23.7 Å². The molecule has 7 nitrogen and oxygen atoms in total. The van der Waals surface area contributed by atoms with Crippen molar-refractivity contribution in [3.63, 3.8) is 0 Å². The molecular formula is C21H23ClFN5O2S. The van der Waals surface area contributed by atoms with Gasteiger partial charge in [0.05, 0.1) is 0 Å². The molecule has 1 aliphatic rings. The molecule has 1 aromatic carbocycles. The van der Waals surface area contributed by atoms with Gasteiger partial charge in [0, 0.05) is 18.3 Å². The monoisotopic (exact) mass is 463 g/mol. The topological polar surface area (TPSA) is 88.9 Å². The predicted molar refractivity (Wildman–Crippen MR) is 122 cm³/mol. The number of carbonyl (C=O) groups is 1. The summed E-state index contributed by atoms with van der Waals surface area (Å²) in [6, 6.07) is 8.01. The first kappa shape index (κ1) is 23.1. The molecule has 0 bridgehead atoms. The second-order valence-electron chi connectivity index (χ2n) is 7.39. The van der Waals surface area contributed by atoms with E-state index in [1.807, 2.05) is 0 Å². The number of rotatable bonds is 5. The largest absolute Gasteiger partial charge is 0.316 e. The third-order valence-electron chi connectivity index (χ3n) is 5.20. The molecule has 3 heterocycles. The van der Waals surface area contributed by atoms with E-state index in [-0.39, 0.29) is 28.7 Å². The van der Waals surface area contributed by atoms with Gasteiger partial charge < -0.3 is 9.88 Å². The summed E-state index contributed by atoms with van der Waals surface area (Å²) in [5.74, 6) is -0.586. The zero-order chi connectivity index (χ0) is 21.1. The van der Waals surface area contributed by atoms with E-state index in [9.17, 15) is 14.0 Å². The van der Waals surface area contributed by atoms with Crippen LogP contribution in [0.2, 0.25) is 0 Å². The Hall–Kier alpha value is -2.62. The Balaban J connectivity index is 0.00000272. The van der Waals surface area contributed by atoms with Crippen molar-refractivity contribution in [2.75, 3.05) is 18.4 Å². The molecule has 164 valence electrons. The fourth-order valence-electron chi connectivity index (χ4n) is 3.62. The molecule has 31 heavy (non-hydrogen) atoms. The molecule has 10 heteroatoms. The summed E-state index contributed by atoms with van der Waals surface area (Å²) >= 11 is 1.06. The molecule has 1 amide bonds. The number of halogens is 2. The fraction of sp³-hybridized carbons (Fsp3) is 0.333. The zero-order valence-corrected chi connectivity index (χ0v) is 18.6. The molecule has 2 aromatic heterocycles. The van der Waals surface area contributed by atoms with E-state index in [1.165, 1.54) is 6.07 Å². The number of amides is 1. The van der Waals surface area contributed by atoms with Gasteiger partial charge in [-0.25, -0.2) is 4.39 Å². The molecule has 1 unspecified atom stereocenters. The van der Waals surface area contributed by atoms with Crippen molar-refractivity contribution in [3.05, 3.63) is 63.8 Å². The van der Waals surface area contributed by atoms with E-state index in [2.05, 4.69) is 20.8 Å². The maximum atomic E-state index is 14.0. The predicted octanol–water partition coefficient (Wildman–Crippen LogP) is 3.49. The van der Waals surface area contributed by atoms with E-state index in [1.54, 1.807) is 42.0 Å². The normalized spacial score (nSPS) is 15.9. The summed E-state index contributed by atoms with van der Waals surface area (Å²) in [7, 11) is 0. The van der Waals surface area contributed by atoms with Crippen LogP contribution in [-0.4, -0.2) is 33.8 Å². The fourth-order valence-corrected chi connectivity index (χ4v) is 4.39. The molecule has 1 fully saturated rings. The lowest BCUT2D eigenvalue weighted by molar-refractivity contribution is 0.102. The van der Waals surface area contributed by atoms with E-state index in [4.69, 9.17) is 0 Å². The Bertz CT molecular complexity index is 1130. The maximum Gasteiger partial charge on any atom is 0.263 e. The van der Waals surface area contributed by atoms with Gasteiger partial charge >= 0.3 is 0 Å². The number of anilines is 1. The second-order valence-corrected chi connectivity index (χ2v) is 8.37. The highest BCUT2D eigenvalue weighted by Gasteiger charge is 2.20. The SMILES string of the molecule is Cc1ccn(CC2CCCNC2)c(=O)c1C(=O)Nc1nnc(-c2ccccc2F)s1.Cl. The van der Waals surface area contributed by atoms with E-state index < -0.39 is 11.7 Å². The van der Waals surface area contributed by atoms with Crippen molar-refractivity contribution < 1.29 is 9.18 Å². The van der Waals surface area contributed by atoms with Crippen molar-refractivity contribution in [1.82, 2.24) is 20.1 Å². The average molecular weight is 464 g/mol. The van der Waals surface area contributed by atoms with Crippen LogP contribution in [0.1, 0.15) is 28.8 Å². The van der Waals surface area contributed by atoms with E-state index in [0.29, 0.717) is 28.6 Å². The standard InChI is InChI=1S/C21H22FN5O2S.ClH/c1-13-8-10-27(12-14-5-4-9-23-11-14)20(29)17(13)18(28)24-21-26-25-19(30-21)15-6-2-3-7-16(15)22;/h2-3,6-8,10,14,23H,4-5,9,11-12H2,1H3,(H,24,26,28);1H. The number of carbonyl (C=O) groups excluding carboxylic acids is 1. The Morgan fingerprint density at radius 1 is 1.32 bits per heavy atom. The van der Waals surface area contributed by atoms with Gasteiger partial charge in [0.2, 0.25) is 5.13 Å². The molecular weight excluding hydrogens is 441 g/mol. The summed E-state index contributed by atoms with van der Waals surface area (Å²) in [5.41, 5.74) is 0.671. The molecule has 0 aliphatic carbocycles. The van der Waals surface area contributed by atoms with Crippen LogP contribution in [-0.2, 0) is 6.54 Å². The van der Waals surface area contributed by atoms with Crippen LogP contribution in [0, 0.1) is 18.7 Å². The first-order valence-electron chi connectivity index (χ1n) is 9.83. The molecule has 3 aromatic rings. The number of benzene rings is 1. The van der Waals surface area contributed by atoms with Crippen LogP contribution < -0.4 is 16.2 Å². The van der Waals surface area contributed by atoms with Crippen LogP contribution in [0.15, 0.2) is 41.3 Å². The summed E-state index contributed by atoms with van der Waals surface area (Å²) < 4.78 is 15.6. The zero-order valence-electron chi connectivity index (χ0n) is 16.9. The number of aryl methyl sites for hydroxylation is 1. The van der Waals surface area contributed by atoms with Crippen LogP contribution in [0.25, 0.3) is 10.6 Å². The highest BCUT2D eigenvalue weighted by molar-refractivity contribution is 7.18. The number of aromatic nitrogens is 3. The van der Waals surface area contributed by atoms with Crippen molar-refractivity contribution in [2.24, 2.45) is 5.92 Å². The minimum absolute atomic E-state index is 0. The number of nitrogens with zero attached hydrogens (tertiary/aromatic N) is 3. The quantitative estimate of drug-likeness (QED) is 0.604. The van der Waals surface area contributed by atoms with Gasteiger partial charge in [-0.2, -0.15) is 0 Å². The van der Waals surface area contributed by atoms with Gasteiger partial charge in [0.15, 0.2) is 5.01 Å². The highest BCUT2D eigenvalue weighted by Crippen LogP contribution is 2.28. The van der Waals surface area contributed by atoms with Crippen molar-refractivity contribution in [2.45, 2.75) is 26.3 Å². The maximum absolute atomic E-state index is 14.0. The summed E-state index contributed by atoms with van der Waals surface area (Å²) in [6.45, 7) is 4.17. The van der Waals surface area contributed by atoms with Gasteiger partial charge in [-0.1, -0.05) is 23.5 Å². The number of piperidine rings is 1. The number of hydrogen-bond donors (Lipinski definition) is 2. The number of pyridine rings is 1. The minimum atomic E-state index is -0.537. The average Bonchev–Trinajstić information content (AvgIpc) is 3.19. The van der Waals surface area contributed by atoms with Crippen LogP contribution in [0.5, 0.6) is 0 Å². The van der Waals surface area contributed by atoms with Crippen molar-refractivity contribution in [1.29, 1.82) is 0 Å². The molecule has 1 aliphatic heterocycles. The third-order valence-corrected chi connectivity index (χ3v) is 6.08. The molecule has 1 atom stereocenters. The Morgan fingerprint density at radius 3 is 2.87 bits per heavy atom.